The molecule has 6 heteroatoms. The Morgan fingerprint density at radius 3 is 2.14 bits per heavy atom. The fourth-order valence-corrected chi connectivity index (χ4v) is 4.57. The lowest BCUT2D eigenvalue weighted by Crippen LogP contribution is -2.33. The lowest BCUT2D eigenvalue weighted by atomic mass is 9.83. The van der Waals surface area contributed by atoms with Gasteiger partial charge in [-0.15, -0.1) is 12.4 Å². The number of halogens is 1. The molecule has 0 aliphatic heterocycles. The molecule has 3 aromatic carbocycles. The van der Waals surface area contributed by atoms with Gasteiger partial charge in [0.25, 0.3) is 5.91 Å². The van der Waals surface area contributed by atoms with E-state index in [4.69, 9.17) is 0 Å². The number of rotatable bonds is 8. The smallest absolute Gasteiger partial charge is 0.268 e. The van der Waals surface area contributed by atoms with Crippen LogP contribution in [-0.2, 0) is 6.54 Å². The van der Waals surface area contributed by atoms with Crippen LogP contribution in [-0.4, -0.2) is 47.2 Å². The molecular formula is C29H34ClN3O2. The molecule has 1 unspecified atom stereocenters. The fraction of sp³-hybridized carbons (Fsp3) is 0.276. The van der Waals surface area contributed by atoms with Crippen LogP contribution in [0, 0.1) is 0 Å². The van der Waals surface area contributed by atoms with Gasteiger partial charge in [-0.3, -0.25) is 4.79 Å². The van der Waals surface area contributed by atoms with Crippen LogP contribution in [0.4, 0.5) is 0 Å². The molecule has 0 saturated carbocycles. The molecule has 0 aliphatic carbocycles. The Kier molecular flexibility index (Phi) is 8.60. The molecule has 1 heterocycles. The van der Waals surface area contributed by atoms with Gasteiger partial charge in [-0.25, -0.2) is 0 Å². The highest BCUT2D eigenvalue weighted by molar-refractivity contribution is 6.03. The predicted molar refractivity (Wildman–Crippen MR) is 146 cm³/mol. The summed E-state index contributed by atoms with van der Waals surface area (Å²) >= 11 is 0. The Bertz CT molecular complexity index is 1260. The Morgan fingerprint density at radius 1 is 0.914 bits per heavy atom. The number of aromatic hydroxyl groups is 1. The average Bonchev–Trinajstić information content (AvgIpc) is 3.14. The van der Waals surface area contributed by atoms with Crippen LogP contribution < -0.4 is 5.32 Å². The zero-order chi connectivity index (χ0) is 24.2. The van der Waals surface area contributed by atoms with E-state index in [-0.39, 0.29) is 36.0 Å². The van der Waals surface area contributed by atoms with Crippen molar-refractivity contribution in [3.05, 3.63) is 101 Å². The van der Waals surface area contributed by atoms with Crippen molar-refractivity contribution < 1.29 is 9.90 Å². The number of para-hydroxylation sites is 1. The Balaban J connectivity index is 0.00000342. The maximum atomic E-state index is 13.7. The minimum Gasteiger partial charge on any atom is -0.508 e. The summed E-state index contributed by atoms with van der Waals surface area (Å²) in [6.45, 7) is 5.48. The standard InChI is InChI=1S/C29H33N3O2.ClH/c1-20(2)30-29(34)28-27(24-12-8-9-13-25(24)32(28)19-18-31(3)4)26(21-10-6-5-7-11-21)22-14-16-23(33)17-15-22;/h5-17,20,26,33H,18-19H2,1-4H3,(H,30,34);1H. The lowest BCUT2D eigenvalue weighted by Gasteiger charge is -2.22. The number of likely N-dealkylation sites (N-methyl/N-ethyl adjacent to an activating group) is 1. The first-order chi connectivity index (χ1) is 16.4. The quantitative estimate of drug-likeness (QED) is 0.335. The second kappa shape index (κ2) is 11.4. The number of benzene rings is 3. The third-order valence-corrected chi connectivity index (χ3v) is 6.06. The summed E-state index contributed by atoms with van der Waals surface area (Å²) in [5.41, 5.74) is 4.86. The van der Waals surface area contributed by atoms with E-state index in [1.54, 1.807) is 12.1 Å². The van der Waals surface area contributed by atoms with Crippen molar-refractivity contribution in [3.63, 3.8) is 0 Å². The monoisotopic (exact) mass is 491 g/mol. The first kappa shape index (κ1) is 26.3. The molecule has 0 fully saturated rings. The third-order valence-electron chi connectivity index (χ3n) is 6.06. The molecule has 2 N–H and O–H groups in total. The first-order valence-electron chi connectivity index (χ1n) is 11.8. The van der Waals surface area contributed by atoms with Crippen LogP contribution in [0.5, 0.6) is 5.75 Å². The third kappa shape index (κ3) is 5.69. The molecule has 1 atom stereocenters. The van der Waals surface area contributed by atoms with Gasteiger partial charge in [-0.05, 0) is 57.3 Å². The number of aromatic nitrogens is 1. The molecule has 0 bridgehead atoms. The Labute approximate surface area is 213 Å². The highest BCUT2D eigenvalue weighted by atomic mass is 35.5. The topological polar surface area (TPSA) is 57.5 Å². The molecule has 4 rings (SSSR count). The normalized spacial score (nSPS) is 12.1. The number of carbonyl (C=O) groups is 1. The summed E-state index contributed by atoms with van der Waals surface area (Å²) in [5.74, 6) is -0.0124. The maximum Gasteiger partial charge on any atom is 0.268 e. The number of nitrogens with zero attached hydrogens (tertiary/aromatic N) is 2. The van der Waals surface area contributed by atoms with Crippen molar-refractivity contribution in [2.75, 3.05) is 20.6 Å². The largest absolute Gasteiger partial charge is 0.508 e. The second-order valence-electron chi connectivity index (χ2n) is 9.30. The van der Waals surface area contributed by atoms with E-state index in [2.05, 4.69) is 39.0 Å². The number of amides is 1. The van der Waals surface area contributed by atoms with Gasteiger partial charge < -0.3 is 19.9 Å². The van der Waals surface area contributed by atoms with Gasteiger partial charge in [-0.1, -0.05) is 60.7 Å². The zero-order valence-electron chi connectivity index (χ0n) is 20.7. The van der Waals surface area contributed by atoms with E-state index < -0.39 is 0 Å². The fourth-order valence-electron chi connectivity index (χ4n) is 4.57. The molecule has 0 spiro atoms. The van der Waals surface area contributed by atoms with Gasteiger partial charge in [0.15, 0.2) is 0 Å². The van der Waals surface area contributed by atoms with Gasteiger partial charge in [-0.2, -0.15) is 0 Å². The number of hydrogen-bond donors (Lipinski definition) is 2. The van der Waals surface area contributed by atoms with Crippen LogP contribution in [0.25, 0.3) is 10.9 Å². The van der Waals surface area contributed by atoms with Crippen LogP contribution in [0.15, 0.2) is 78.9 Å². The van der Waals surface area contributed by atoms with Crippen molar-refractivity contribution in [3.8, 4) is 5.75 Å². The number of phenols is 1. The lowest BCUT2D eigenvalue weighted by molar-refractivity contribution is 0.0932. The van der Waals surface area contributed by atoms with E-state index in [0.29, 0.717) is 12.2 Å². The highest BCUT2D eigenvalue weighted by Gasteiger charge is 2.30. The van der Waals surface area contributed by atoms with E-state index in [1.165, 1.54) is 0 Å². The van der Waals surface area contributed by atoms with Crippen molar-refractivity contribution in [2.24, 2.45) is 0 Å². The molecule has 0 saturated heterocycles. The first-order valence-corrected chi connectivity index (χ1v) is 11.8. The number of fused-ring (bicyclic) bond motifs is 1. The van der Waals surface area contributed by atoms with E-state index >= 15 is 0 Å². The summed E-state index contributed by atoms with van der Waals surface area (Å²) < 4.78 is 2.17. The van der Waals surface area contributed by atoms with Crippen molar-refractivity contribution in [1.82, 2.24) is 14.8 Å². The minimum absolute atomic E-state index is 0. The number of phenolic OH excluding ortho intramolecular Hbond substituents is 1. The molecular weight excluding hydrogens is 458 g/mol. The van der Waals surface area contributed by atoms with E-state index in [1.807, 2.05) is 70.4 Å². The van der Waals surface area contributed by atoms with Crippen molar-refractivity contribution >= 4 is 29.2 Å². The minimum atomic E-state index is -0.166. The van der Waals surface area contributed by atoms with Crippen molar-refractivity contribution in [1.29, 1.82) is 0 Å². The maximum absolute atomic E-state index is 13.7. The van der Waals surface area contributed by atoms with Gasteiger partial charge in [0.05, 0.1) is 0 Å². The van der Waals surface area contributed by atoms with Crippen LogP contribution in [0.1, 0.15) is 46.9 Å². The van der Waals surface area contributed by atoms with Gasteiger partial charge in [0.1, 0.15) is 11.4 Å². The average molecular weight is 492 g/mol. The molecule has 5 nitrogen and oxygen atoms in total. The van der Waals surface area contributed by atoms with E-state index in [0.717, 1.165) is 34.1 Å². The van der Waals surface area contributed by atoms with Gasteiger partial charge >= 0.3 is 0 Å². The summed E-state index contributed by atoms with van der Waals surface area (Å²) in [4.78, 5) is 15.9. The highest BCUT2D eigenvalue weighted by Crippen LogP contribution is 2.40. The molecule has 0 radical (unpaired) electrons. The van der Waals surface area contributed by atoms with Gasteiger partial charge in [0, 0.05) is 41.5 Å². The Hall–Kier alpha value is -3.28. The SMILES string of the molecule is CC(C)NC(=O)c1c(C(c2ccccc2)c2ccc(O)cc2)c2ccccc2n1CCN(C)C.Cl. The Morgan fingerprint density at radius 2 is 1.51 bits per heavy atom. The van der Waals surface area contributed by atoms with Crippen LogP contribution in [0.3, 0.4) is 0 Å². The number of nitrogens with one attached hydrogen (secondary N) is 1. The summed E-state index contributed by atoms with van der Waals surface area (Å²) in [6.07, 6.45) is 0. The molecule has 4 aromatic rings. The van der Waals surface area contributed by atoms with E-state index in [9.17, 15) is 9.90 Å². The number of carbonyl (C=O) groups excluding carboxylic acids is 1. The molecule has 1 aromatic heterocycles. The summed E-state index contributed by atoms with van der Waals surface area (Å²) in [6, 6.07) is 25.9. The summed E-state index contributed by atoms with van der Waals surface area (Å²) in [5, 5.41) is 14.2. The zero-order valence-corrected chi connectivity index (χ0v) is 21.5. The second-order valence-corrected chi connectivity index (χ2v) is 9.30. The van der Waals surface area contributed by atoms with Gasteiger partial charge in [0.2, 0.25) is 0 Å². The molecule has 0 aliphatic rings. The van der Waals surface area contributed by atoms with Crippen LogP contribution in [0.2, 0.25) is 0 Å². The van der Waals surface area contributed by atoms with Crippen molar-refractivity contribution in [2.45, 2.75) is 32.4 Å². The molecule has 184 valence electrons. The molecule has 1 amide bonds. The number of hydrogen-bond acceptors (Lipinski definition) is 3. The summed E-state index contributed by atoms with van der Waals surface area (Å²) in [7, 11) is 4.09. The predicted octanol–water partition coefficient (Wildman–Crippen LogP) is 5.65. The molecule has 35 heavy (non-hydrogen) atoms. The van der Waals surface area contributed by atoms with Crippen LogP contribution >= 0.6 is 12.4 Å².